The highest BCUT2D eigenvalue weighted by Gasteiger charge is 2.16. The number of ether oxygens (including phenoxy) is 2. The van der Waals surface area contributed by atoms with Gasteiger partial charge in [0.15, 0.2) is 11.5 Å². The summed E-state index contributed by atoms with van der Waals surface area (Å²) in [7, 11) is 2.19. The minimum atomic E-state index is 0.643. The van der Waals surface area contributed by atoms with Crippen LogP contribution in [0.2, 0.25) is 0 Å². The highest BCUT2D eigenvalue weighted by Crippen LogP contribution is 2.30. The molecule has 1 fully saturated rings. The van der Waals surface area contributed by atoms with Crippen molar-refractivity contribution in [1.82, 2.24) is 10.2 Å². The van der Waals surface area contributed by atoms with Gasteiger partial charge in [-0.1, -0.05) is 6.07 Å². The summed E-state index contributed by atoms with van der Waals surface area (Å²) in [4.78, 5) is 2.39. The Hall–Kier alpha value is -1.26. The molecule has 4 heteroatoms. The number of fused-ring (bicyclic) bond motifs is 1. The fourth-order valence-corrected chi connectivity index (χ4v) is 2.67. The van der Waals surface area contributed by atoms with E-state index in [1.807, 2.05) is 6.07 Å². The molecule has 2 heterocycles. The van der Waals surface area contributed by atoms with Gasteiger partial charge in [-0.25, -0.2) is 0 Å². The zero-order chi connectivity index (χ0) is 13.1. The van der Waals surface area contributed by atoms with Crippen LogP contribution >= 0.6 is 0 Å². The van der Waals surface area contributed by atoms with E-state index in [4.69, 9.17) is 9.47 Å². The van der Waals surface area contributed by atoms with Gasteiger partial charge in [0.1, 0.15) is 13.2 Å². The zero-order valence-electron chi connectivity index (χ0n) is 11.5. The summed E-state index contributed by atoms with van der Waals surface area (Å²) in [5.74, 6) is 1.75. The molecule has 1 aromatic rings. The van der Waals surface area contributed by atoms with Gasteiger partial charge in [-0.05, 0) is 50.7 Å². The Morgan fingerprint density at radius 2 is 1.89 bits per heavy atom. The number of nitrogens with one attached hydrogen (secondary N) is 1. The largest absolute Gasteiger partial charge is 0.486 e. The molecular formula is C15H22N2O2. The molecule has 19 heavy (non-hydrogen) atoms. The molecule has 0 amide bonds. The lowest BCUT2D eigenvalue weighted by Gasteiger charge is -2.29. The number of hydrogen-bond acceptors (Lipinski definition) is 4. The number of benzene rings is 1. The molecule has 4 nitrogen and oxygen atoms in total. The van der Waals surface area contributed by atoms with Crippen LogP contribution in [0.4, 0.5) is 0 Å². The molecule has 1 N–H and O–H groups in total. The lowest BCUT2D eigenvalue weighted by Crippen LogP contribution is -2.40. The molecule has 0 radical (unpaired) electrons. The van der Waals surface area contributed by atoms with E-state index in [0.717, 1.165) is 18.0 Å². The third-order valence-electron chi connectivity index (χ3n) is 3.92. The molecule has 0 aromatic heterocycles. The summed E-state index contributed by atoms with van der Waals surface area (Å²) in [5.41, 5.74) is 1.27. The van der Waals surface area contributed by atoms with E-state index < -0.39 is 0 Å². The van der Waals surface area contributed by atoms with Crippen molar-refractivity contribution in [1.29, 1.82) is 0 Å². The first kappa shape index (κ1) is 12.8. The Kier molecular flexibility index (Phi) is 3.89. The lowest BCUT2D eigenvalue weighted by atomic mass is 10.1. The Morgan fingerprint density at radius 3 is 2.68 bits per heavy atom. The molecule has 0 unspecified atom stereocenters. The summed E-state index contributed by atoms with van der Waals surface area (Å²) in [5, 5.41) is 3.64. The molecule has 2 aliphatic heterocycles. The number of likely N-dealkylation sites (tertiary alicyclic amines) is 1. The van der Waals surface area contributed by atoms with E-state index >= 15 is 0 Å². The van der Waals surface area contributed by atoms with Crippen LogP contribution in [0.5, 0.6) is 11.5 Å². The highest BCUT2D eigenvalue weighted by atomic mass is 16.6. The lowest BCUT2D eigenvalue weighted by molar-refractivity contribution is 0.171. The predicted octanol–water partition coefficient (Wildman–Crippen LogP) is 1.64. The van der Waals surface area contributed by atoms with E-state index in [2.05, 4.69) is 29.4 Å². The van der Waals surface area contributed by atoms with Crippen LogP contribution in [0, 0.1) is 0 Å². The van der Waals surface area contributed by atoms with Crippen LogP contribution in [-0.2, 0) is 6.54 Å². The van der Waals surface area contributed by atoms with E-state index in [1.165, 1.54) is 31.5 Å². The third kappa shape index (κ3) is 3.19. The molecule has 1 aromatic carbocycles. The molecular weight excluding hydrogens is 240 g/mol. The second kappa shape index (κ2) is 5.80. The smallest absolute Gasteiger partial charge is 0.161 e. The fraction of sp³-hybridized carbons (Fsp3) is 0.600. The highest BCUT2D eigenvalue weighted by molar-refractivity contribution is 5.43. The fourth-order valence-electron chi connectivity index (χ4n) is 2.67. The molecule has 0 spiro atoms. The molecule has 0 bridgehead atoms. The second-order valence-electron chi connectivity index (χ2n) is 5.44. The quantitative estimate of drug-likeness (QED) is 0.898. The second-order valence-corrected chi connectivity index (χ2v) is 5.44. The van der Waals surface area contributed by atoms with Gasteiger partial charge in [-0.15, -0.1) is 0 Å². The van der Waals surface area contributed by atoms with Gasteiger partial charge >= 0.3 is 0 Å². The first-order valence-corrected chi connectivity index (χ1v) is 7.12. The maximum atomic E-state index is 5.61. The maximum Gasteiger partial charge on any atom is 0.161 e. The summed E-state index contributed by atoms with van der Waals surface area (Å²) < 4.78 is 11.1. The van der Waals surface area contributed by atoms with Crippen molar-refractivity contribution < 1.29 is 9.47 Å². The molecule has 2 aliphatic rings. The zero-order valence-corrected chi connectivity index (χ0v) is 11.5. The van der Waals surface area contributed by atoms with Crippen molar-refractivity contribution in [3.05, 3.63) is 23.8 Å². The minimum absolute atomic E-state index is 0.643. The molecule has 3 rings (SSSR count). The Balaban J connectivity index is 1.55. The first-order chi connectivity index (χ1) is 9.31. The van der Waals surface area contributed by atoms with Crippen LogP contribution in [-0.4, -0.2) is 44.3 Å². The maximum absolute atomic E-state index is 5.61. The van der Waals surface area contributed by atoms with E-state index in [0.29, 0.717) is 19.3 Å². The van der Waals surface area contributed by atoms with Crippen LogP contribution in [0.3, 0.4) is 0 Å². The van der Waals surface area contributed by atoms with Gasteiger partial charge in [-0.3, -0.25) is 0 Å². The topological polar surface area (TPSA) is 33.7 Å². The van der Waals surface area contributed by atoms with Crippen molar-refractivity contribution in [2.24, 2.45) is 0 Å². The van der Waals surface area contributed by atoms with Crippen LogP contribution in [0.25, 0.3) is 0 Å². The van der Waals surface area contributed by atoms with Gasteiger partial charge in [0.05, 0.1) is 0 Å². The summed E-state index contributed by atoms with van der Waals surface area (Å²) in [6.45, 7) is 4.60. The van der Waals surface area contributed by atoms with Crippen LogP contribution in [0.15, 0.2) is 18.2 Å². The molecule has 0 saturated carbocycles. The van der Waals surface area contributed by atoms with E-state index in [1.54, 1.807) is 0 Å². The number of nitrogens with zero attached hydrogens (tertiary/aromatic N) is 1. The van der Waals surface area contributed by atoms with Gasteiger partial charge in [0.25, 0.3) is 0 Å². The van der Waals surface area contributed by atoms with Crippen molar-refractivity contribution >= 4 is 0 Å². The monoisotopic (exact) mass is 262 g/mol. The van der Waals surface area contributed by atoms with Crippen LogP contribution in [0.1, 0.15) is 18.4 Å². The predicted molar refractivity (Wildman–Crippen MR) is 74.8 cm³/mol. The molecule has 1 saturated heterocycles. The Labute approximate surface area is 114 Å². The van der Waals surface area contributed by atoms with Crippen molar-refractivity contribution in [3.8, 4) is 11.5 Å². The van der Waals surface area contributed by atoms with Crippen LogP contribution < -0.4 is 14.8 Å². The van der Waals surface area contributed by atoms with E-state index in [9.17, 15) is 0 Å². The van der Waals surface area contributed by atoms with Gasteiger partial charge in [0, 0.05) is 12.6 Å². The average Bonchev–Trinajstić information content (AvgIpc) is 2.46. The first-order valence-electron chi connectivity index (χ1n) is 7.12. The average molecular weight is 262 g/mol. The number of piperidine rings is 1. The molecule has 0 aliphatic carbocycles. The standard InChI is InChI=1S/C15H22N2O2/c1-17-6-4-13(5-7-17)16-11-12-2-3-14-15(10-12)19-9-8-18-14/h2-3,10,13,16H,4-9,11H2,1H3. The molecule has 0 atom stereocenters. The third-order valence-corrected chi connectivity index (χ3v) is 3.92. The Morgan fingerprint density at radius 1 is 1.16 bits per heavy atom. The van der Waals surface area contributed by atoms with Gasteiger partial charge in [-0.2, -0.15) is 0 Å². The SMILES string of the molecule is CN1CCC(NCc2ccc3c(c2)OCCO3)CC1. The van der Waals surface area contributed by atoms with Gasteiger partial charge in [0.2, 0.25) is 0 Å². The van der Waals surface area contributed by atoms with Crippen molar-refractivity contribution in [2.45, 2.75) is 25.4 Å². The summed E-state index contributed by atoms with van der Waals surface area (Å²) in [6, 6.07) is 6.87. The minimum Gasteiger partial charge on any atom is -0.486 e. The van der Waals surface area contributed by atoms with Crippen molar-refractivity contribution in [3.63, 3.8) is 0 Å². The number of rotatable bonds is 3. The Bertz CT molecular complexity index is 428. The summed E-state index contributed by atoms with van der Waals surface area (Å²) in [6.07, 6.45) is 2.47. The molecule has 104 valence electrons. The number of hydrogen-bond donors (Lipinski definition) is 1. The normalized spacial score (nSPS) is 20.5. The van der Waals surface area contributed by atoms with Crippen molar-refractivity contribution in [2.75, 3.05) is 33.4 Å². The van der Waals surface area contributed by atoms with Gasteiger partial charge < -0.3 is 19.7 Å². The summed E-state index contributed by atoms with van der Waals surface area (Å²) >= 11 is 0. The van der Waals surface area contributed by atoms with E-state index in [-0.39, 0.29) is 0 Å².